The number of hydrogen-bond acceptors (Lipinski definition) is 4. The average Bonchev–Trinajstić information content (AvgIpc) is 3.01. The van der Waals surface area contributed by atoms with Gasteiger partial charge in [-0.25, -0.2) is 4.98 Å². The highest BCUT2D eigenvalue weighted by Crippen LogP contribution is 2.27. The van der Waals surface area contributed by atoms with Crippen LogP contribution in [-0.4, -0.2) is 25.0 Å². The van der Waals surface area contributed by atoms with Crippen LogP contribution in [0.2, 0.25) is 0 Å². The summed E-state index contributed by atoms with van der Waals surface area (Å²) in [6.45, 7) is 0. The lowest BCUT2D eigenvalue weighted by Crippen LogP contribution is -2.24. The number of rotatable bonds is 4. The van der Waals surface area contributed by atoms with E-state index in [0.29, 0.717) is 5.75 Å². The Morgan fingerprint density at radius 2 is 1.91 bits per heavy atom. The first-order chi connectivity index (χ1) is 11.2. The molecule has 0 radical (unpaired) electrons. The fourth-order valence-corrected chi connectivity index (χ4v) is 3.11. The number of thiazole rings is 1. The van der Waals surface area contributed by atoms with Gasteiger partial charge in [-0.15, -0.1) is 11.3 Å². The Morgan fingerprint density at radius 1 is 1.17 bits per heavy atom. The van der Waals surface area contributed by atoms with Gasteiger partial charge in [0, 0.05) is 13.1 Å². The van der Waals surface area contributed by atoms with E-state index < -0.39 is 0 Å². The number of anilines is 1. The first-order valence-electron chi connectivity index (χ1n) is 7.13. The van der Waals surface area contributed by atoms with Crippen LogP contribution >= 0.6 is 11.3 Å². The molecule has 23 heavy (non-hydrogen) atoms. The molecule has 0 saturated heterocycles. The lowest BCUT2D eigenvalue weighted by Gasteiger charge is -2.18. The molecule has 0 atom stereocenters. The van der Waals surface area contributed by atoms with Crippen LogP contribution in [0.4, 0.5) is 5.69 Å². The Morgan fingerprint density at radius 3 is 2.70 bits per heavy atom. The number of methoxy groups -OCH3 is 1. The van der Waals surface area contributed by atoms with Crippen LogP contribution < -0.4 is 9.64 Å². The smallest absolute Gasteiger partial charge is 0.250 e. The van der Waals surface area contributed by atoms with Gasteiger partial charge in [-0.2, -0.15) is 0 Å². The van der Waals surface area contributed by atoms with Gasteiger partial charge in [-0.3, -0.25) is 4.79 Å². The van der Waals surface area contributed by atoms with E-state index >= 15 is 0 Å². The summed E-state index contributed by atoms with van der Waals surface area (Å²) >= 11 is 1.56. The number of fused-ring (bicyclic) bond motifs is 1. The summed E-state index contributed by atoms with van der Waals surface area (Å²) in [6.07, 6.45) is 3.28. The highest BCUT2D eigenvalue weighted by molar-refractivity contribution is 7.19. The molecule has 0 spiro atoms. The van der Waals surface area contributed by atoms with Gasteiger partial charge in [0.1, 0.15) is 10.8 Å². The normalized spacial score (nSPS) is 11.0. The number of nitrogens with zero attached hydrogens (tertiary/aromatic N) is 2. The predicted octanol–water partition coefficient (Wildman–Crippen LogP) is 3.98. The first kappa shape index (κ1) is 15.2. The molecule has 0 fully saturated rings. The second-order valence-electron chi connectivity index (χ2n) is 4.92. The minimum Gasteiger partial charge on any atom is -0.495 e. The first-order valence-corrected chi connectivity index (χ1v) is 7.95. The van der Waals surface area contributed by atoms with Gasteiger partial charge in [0.05, 0.1) is 23.0 Å². The van der Waals surface area contributed by atoms with Crippen molar-refractivity contribution in [2.75, 3.05) is 19.1 Å². The molecule has 1 amide bonds. The number of likely N-dealkylation sites (N-methyl/N-ethyl adjacent to an activating group) is 1. The van der Waals surface area contributed by atoms with E-state index in [4.69, 9.17) is 4.74 Å². The minimum atomic E-state index is -0.131. The molecule has 1 heterocycles. The molecule has 1 aromatic heterocycles. The highest BCUT2D eigenvalue weighted by Gasteiger charge is 2.12. The van der Waals surface area contributed by atoms with Gasteiger partial charge < -0.3 is 9.64 Å². The molecule has 116 valence electrons. The second-order valence-corrected chi connectivity index (χ2v) is 5.98. The average molecular weight is 324 g/mol. The number of carbonyl (C=O) groups excluding carboxylic acids is 1. The number of hydrogen-bond donors (Lipinski definition) is 0. The summed E-state index contributed by atoms with van der Waals surface area (Å²) in [4.78, 5) is 18.4. The van der Waals surface area contributed by atoms with Crippen LogP contribution in [0.3, 0.4) is 0 Å². The fourth-order valence-electron chi connectivity index (χ4n) is 2.24. The van der Waals surface area contributed by atoms with E-state index in [9.17, 15) is 4.79 Å². The maximum Gasteiger partial charge on any atom is 0.250 e. The summed E-state index contributed by atoms with van der Waals surface area (Å²) in [6, 6.07) is 15.3. The molecule has 3 rings (SSSR count). The number of aromatic nitrogens is 1. The van der Waals surface area contributed by atoms with Gasteiger partial charge in [-0.05, 0) is 30.3 Å². The molecule has 0 saturated carbocycles. The Labute approximate surface area is 138 Å². The molecule has 0 aliphatic rings. The molecule has 0 bridgehead atoms. The standard InChI is InChI=1S/C18H16N2O2S/c1-20(14-8-4-5-9-15(14)22-2)18(21)12-11-17-19-13-7-3-6-10-16(13)23-17/h3-12H,1-2H3/b12-11+. The zero-order valence-corrected chi connectivity index (χ0v) is 13.7. The molecule has 0 aliphatic heterocycles. The van der Waals surface area contributed by atoms with Crippen LogP contribution in [-0.2, 0) is 4.79 Å². The largest absolute Gasteiger partial charge is 0.495 e. The zero-order valence-electron chi connectivity index (χ0n) is 12.9. The molecular weight excluding hydrogens is 308 g/mol. The number of ether oxygens (including phenoxy) is 1. The Hall–Kier alpha value is -2.66. The molecule has 3 aromatic rings. The maximum absolute atomic E-state index is 12.4. The maximum atomic E-state index is 12.4. The Bertz CT molecular complexity index is 837. The van der Waals surface area contributed by atoms with Crippen molar-refractivity contribution in [3.8, 4) is 5.75 Å². The van der Waals surface area contributed by atoms with Gasteiger partial charge in [0.25, 0.3) is 5.91 Å². The number of para-hydroxylation sites is 3. The number of benzene rings is 2. The van der Waals surface area contributed by atoms with Crippen LogP contribution in [0.1, 0.15) is 5.01 Å². The Balaban J connectivity index is 1.80. The van der Waals surface area contributed by atoms with Crippen molar-refractivity contribution in [2.24, 2.45) is 0 Å². The zero-order chi connectivity index (χ0) is 16.2. The van der Waals surface area contributed by atoms with Crippen LogP contribution in [0.15, 0.2) is 54.6 Å². The molecular formula is C18H16N2O2S. The van der Waals surface area contributed by atoms with E-state index in [1.54, 1.807) is 36.5 Å². The van der Waals surface area contributed by atoms with E-state index in [0.717, 1.165) is 20.9 Å². The minimum absolute atomic E-state index is 0.131. The van der Waals surface area contributed by atoms with E-state index in [1.807, 2.05) is 48.5 Å². The quantitative estimate of drug-likeness (QED) is 0.682. The van der Waals surface area contributed by atoms with E-state index in [2.05, 4.69) is 4.98 Å². The van der Waals surface area contributed by atoms with Gasteiger partial charge in [0.15, 0.2) is 0 Å². The summed E-state index contributed by atoms with van der Waals surface area (Å²) in [5.74, 6) is 0.533. The lowest BCUT2D eigenvalue weighted by molar-refractivity contribution is -0.113. The summed E-state index contributed by atoms with van der Waals surface area (Å²) < 4.78 is 6.40. The van der Waals surface area contributed by atoms with Crippen molar-refractivity contribution in [3.05, 3.63) is 59.6 Å². The van der Waals surface area contributed by atoms with Crippen molar-refractivity contribution in [1.82, 2.24) is 4.98 Å². The SMILES string of the molecule is COc1ccccc1N(C)C(=O)/C=C/c1nc2ccccc2s1. The van der Waals surface area contributed by atoms with Crippen LogP contribution in [0, 0.1) is 0 Å². The van der Waals surface area contributed by atoms with Gasteiger partial charge in [0.2, 0.25) is 0 Å². The van der Waals surface area contributed by atoms with Crippen LogP contribution in [0.25, 0.3) is 16.3 Å². The summed E-state index contributed by atoms with van der Waals surface area (Å²) in [5, 5.41) is 0.813. The van der Waals surface area contributed by atoms with Crippen molar-refractivity contribution >= 4 is 39.2 Å². The second kappa shape index (κ2) is 6.62. The molecule has 0 N–H and O–H groups in total. The van der Waals surface area contributed by atoms with E-state index in [1.165, 1.54) is 6.08 Å². The lowest BCUT2D eigenvalue weighted by atomic mass is 10.2. The Kier molecular flexibility index (Phi) is 4.39. The monoisotopic (exact) mass is 324 g/mol. The van der Waals surface area contributed by atoms with Crippen molar-refractivity contribution in [3.63, 3.8) is 0 Å². The summed E-state index contributed by atoms with van der Waals surface area (Å²) in [5.41, 5.74) is 1.68. The fraction of sp³-hybridized carbons (Fsp3) is 0.111. The van der Waals surface area contributed by atoms with Crippen LogP contribution in [0.5, 0.6) is 5.75 Å². The molecule has 2 aromatic carbocycles. The molecule has 0 unspecified atom stereocenters. The third-order valence-corrected chi connectivity index (χ3v) is 4.46. The topological polar surface area (TPSA) is 42.4 Å². The van der Waals surface area contributed by atoms with Gasteiger partial charge in [-0.1, -0.05) is 24.3 Å². The molecule has 4 nitrogen and oxygen atoms in total. The summed E-state index contributed by atoms with van der Waals surface area (Å²) in [7, 11) is 3.32. The number of amides is 1. The van der Waals surface area contributed by atoms with Crippen molar-refractivity contribution < 1.29 is 9.53 Å². The third-order valence-electron chi connectivity index (χ3n) is 3.46. The van der Waals surface area contributed by atoms with E-state index in [-0.39, 0.29) is 5.91 Å². The molecule has 0 aliphatic carbocycles. The van der Waals surface area contributed by atoms with Crippen molar-refractivity contribution in [1.29, 1.82) is 0 Å². The van der Waals surface area contributed by atoms with Crippen molar-refractivity contribution in [2.45, 2.75) is 0 Å². The number of carbonyl (C=O) groups is 1. The third kappa shape index (κ3) is 3.24. The predicted molar refractivity (Wildman–Crippen MR) is 95.1 cm³/mol. The highest BCUT2D eigenvalue weighted by atomic mass is 32.1. The van der Waals surface area contributed by atoms with Gasteiger partial charge >= 0.3 is 0 Å². The molecule has 5 heteroatoms.